The molecule has 100 valence electrons. The van der Waals surface area contributed by atoms with Crippen LogP contribution in [0.25, 0.3) is 0 Å². The van der Waals surface area contributed by atoms with E-state index >= 15 is 0 Å². The Morgan fingerprint density at radius 3 is 2.78 bits per heavy atom. The Kier molecular flexibility index (Phi) is 4.90. The predicted octanol–water partition coefficient (Wildman–Crippen LogP) is 3.51. The number of ether oxygens (including phenoxy) is 1. The lowest BCUT2D eigenvalue weighted by molar-refractivity contribution is 0.408. The summed E-state index contributed by atoms with van der Waals surface area (Å²) < 4.78 is 5.51. The van der Waals surface area contributed by atoms with E-state index in [4.69, 9.17) is 22.1 Å². The van der Waals surface area contributed by atoms with Crippen molar-refractivity contribution in [3.63, 3.8) is 0 Å². The highest BCUT2D eigenvalue weighted by molar-refractivity contribution is 6.33. The van der Waals surface area contributed by atoms with Crippen molar-refractivity contribution < 1.29 is 4.74 Å². The second kappa shape index (κ2) is 6.44. The Balaban J connectivity index is 2.41. The van der Waals surface area contributed by atoms with Crippen LogP contribution in [0.4, 0.5) is 0 Å². The molecule has 18 heavy (non-hydrogen) atoms. The van der Waals surface area contributed by atoms with Crippen LogP contribution in [0.5, 0.6) is 5.75 Å². The van der Waals surface area contributed by atoms with Gasteiger partial charge in [0.25, 0.3) is 0 Å². The summed E-state index contributed by atoms with van der Waals surface area (Å²) in [5, 5.41) is 0.837. The van der Waals surface area contributed by atoms with Crippen molar-refractivity contribution in [1.29, 1.82) is 0 Å². The molecule has 2 rings (SSSR count). The number of hydrogen-bond acceptors (Lipinski definition) is 2. The van der Waals surface area contributed by atoms with Gasteiger partial charge in [0, 0.05) is 0 Å². The van der Waals surface area contributed by atoms with Gasteiger partial charge in [-0.2, -0.15) is 0 Å². The van der Waals surface area contributed by atoms with E-state index in [0.29, 0.717) is 6.54 Å². The summed E-state index contributed by atoms with van der Waals surface area (Å²) >= 11 is 6.53. The molecule has 0 saturated heterocycles. The molecular weight excluding hydrogens is 246 g/mol. The molecule has 0 fully saturated rings. The van der Waals surface area contributed by atoms with Crippen LogP contribution in [0.1, 0.15) is 42.4 Å². The van der Waals surface area contributed by atoms with E-state index in [0.717, 1.165) is 36.5 Å². The molecule has 0 atom stereocenters. The highest BCUT2D eigenvalue weighted by atomic mass is 35.5. The first-order valence-corrected chi connectivity index (χ1v) is 7.23. The van der Waals surface area contributed by atoms with Crippen LogP contribution in [-0.4, -0.2) is 13.7 Å². The first-order chi connectivity index (χ1) is 8.77. The number of fused-ring (bicyclic) bond motifs is 1. The van der Waals surface area contributed by atoms with E-state index < -0.39 is 0 Å². The van der Waals surface area contributed by atoms with Gasteiger partial charge in [-0.25, -0.2) is 0 Å². The molecular formula is C15H22ClNO. The zero-order valence-corrected chi connectivity index (χ0v) is 11.9. The fourth-order valence-corrected chi connectivity index (χ4v) is 3.18. The zero-order chi connectivity index (χ0) is 13.0. The van der Waals surface area contributed by atoms with Gasteiger partial charge in [0.1, 0.15) is 5.75 Å². The fraction of sp³-hybridized carbons (Fsp3) is 0.600. The minimum atomic E-state index is 0.706. The molecule has 0 bridgehead atoms. The van der Waals surface area contributed by atoms with Gasteiger partial charge in [-0.15, -0.1) is 0 Å². The second-order valence-electron chi connectivity index (χ2n) is 4.97. The fourth-order valence-electron chi connectivity index (χ4n) is 2.77. The van der Waals surface area contributed by atoms with Crippen LogP contribution in [0, 0.1) is 0 Å². The van der Waals surface area contributed by atoms with E-state index in [1.54, 1.807) is 7.11 Å². The smallest absolute Gasteiger partial charge is 0.140 e. The maximum atomic E-state index is 6.53. The molecule has 0 radical (unpaired) electrons. The summed E-state index contributed by atoms with van der Waals surface area (Å²) in [6.07, 6.45) is 7.96. The molecule has 0 aromatic heterocycles. The Labute approximate surface area is 114 Å². The molecule has 1 aromatic carbocycles. The van der Waals surface area contributed by atoms with Crippen LogP contribution >= 0.6 is 11.6 Å². The molecule has 0 aliphatic heterocycles. The molecule has 0 spiro atoms. The number of aryl methyl sites for hydroxylation is 2. The topological polar surface area (TPSA) is 35.2 Å². The first-order valence-electron chi connectivity index (χ1n) is 6.85. The minimum Gasteiger partial charge on any atom is -0.495 e. The summed E-state index contributed by atoms with van der Waals surface area (Å²) in [6.45, 7) is 0.706. The lowest BCUT2D eigenvalue weighted by Crippen LogP contribution is -2.04. The van der Waals surface area contributed by atoms with E-state index in [1.807, 2.05) is 0 Å². The quantitative estimate of drug-likeness (QED) is 0.848. The van der Waals surface area contributed by atoms with Crippen molar-refractivity contribution in [2.45, 2.75) is 44.9 Å². The molecule has 3 heteroatoms. The van der Waals surface area contributed by atoms with Gasteiger partial charge in [-0.1, -0.05) is 24.1 Å². The Morgan fingerprint density at radius 2 is 2.06 bits per heavy atom. The Hall–Kier alpha value is -0.730. The van der Waals surface area contributed by atoms with Crippen molar-refractivity contribution >= 4 is 11.6 Å². The van der Waals surface area contributed by atoms with Crippen LogP contribution < -0.4 is 10.5 Å². The average Bonchev–Trinajstić information content (AvgIpc) is 2.62. The largest absolute Gasteiger partial charge is 0.495 e. The molecule has 1 aliphatic carbocycles. The highest BCUT2D eigenvalue weighted by Crippen LogP contribution is 2.38. The van der Waals surface area contributed by atoms with E-state index in [-0.39, 0.29) is 0 Å². The van der Waals surface area contributed by atoms with Gasteiger partial charge in [0.2, 0.25) is 0 Å². The van der Waals surface area contributed by atoms with Crippen molar-refractivity contribution in [2.75, 3.05) is 13.7 Å². The van der Waals surface area contributed by atoms with Gasteiger partial charge < -0.3 is 10.5 Å². The van der Waals surface area contributed by atoms with Gasteiger partial charge in [0.15, 0.2) is 0 Å². The van der Waals surface area contributed by atoms with E-state index in [9.17, 15) is 0 Å². The number of benzene rings is 1. The number of methoxy groups -OCH3 is 1. The summed E-state index contributed by atoms with van der Waals surface area (Å²) in [5.41, 5.74) is 9.54. The van der Waals surface area contributed by atoms with Gasteiger partial charge in [-0.3, -0.25) is 0 Å². The monoisotopic (exact) mass is 267 g/mol. The van der Waals surface area contributed by atoms with Crippen molar-refractivity contribution in [2.24, 2.45) is 5.73 Å². The van der Waals surface area contributed by atoms with Crippen molar-refractivity contribution in [3.05, 3.63) is 27.8 Å². The SMILES string of the molecule is COc1c(CCCN)cc2c(c1Cl)CCCCC2. The lowest BCUT2D eigenvalue weighted by atomic mass is 9.96. The van der Waals surface area contributed by atoms with E-state index in [1.165, 1.54) is 36.0 Å². The highest BCUT2D eigenvalue weighted by Gasteiger charge is 2.18. The third kappa shape index (κ3) is 2.81. The molecule has 0 heterocycles. The molecule has 1 aliphatic rings. The van der Waals surface area contributed by atoms with Crippen LogP contribution in [0.15, 0.2) is 6.07 Å². The predicted molar refractivity (Wildman–Crippen MR) is 76.6 cm³/mol. The lowest BCUT2D eigenvalue weighted by Gasteiger charge is -2.16. The van der Waals surface area contributed by atoms with Crippen LogP contribution in [0.3, 0.4) is 0 Å². The van der Waals surface area contributed by atoms with Gasteiger partial charge in [-0.05, 0) is 61.8 Å². The normalized spacial score (nSPS) is 15.1. The number of hydrogen-bond donors (Lipinski definition) is 1. The third-order valence-electron chi connectivity index (χ3n) is 3.72. The third-order valence-corrected chi connectivity index (χ3v) is 4.12. The zero-order valence-electron chi connectivity index (χ0n) is 11.1. The first kappa shape index (κ1) is 13.7. The number of halogens is 1. The average molecular weight is 268 g/mol. The standard InChI is InChI=1S/C15H22ClNO/c1-18-15-12(7-5-9-17)10-11-6-3-2-4-8-13(11)14(15)16/h10H,2-9,17H2,1H3. The Morgan fingerprint density at radius 1 is 1.28 bits per heavy atom. The Bertz CT molecular complexity index is 417. The van der Waals surface area contributed by atoms with Gasteiger partial charge in [0.05, 0.1) is 12.1 Å². The van der Waals surface area contributed by atoms with Crippen molar-refractivity contribution in [3.8, 4) is 5.75 Å². The van der Waals surface area contributed by atoms with Gasteiger partial charge >= 0.3 is 0 Å². The van der Waals surface area contributed by atoms with E-state index in [2.05, 4.69) is 6.07 Å². The summed E-state index contributed by atoms with van der Waals surface area (Å²) in [5.74, 6) is 0.866. The molecule has 0 amide bonds. The van der Waals surface area contributed by atoms with Crippen LogP contribution in [0.2, 0.25) is 5.02 Å². The summed E-state index contributed by atoms with van der Waals surface area (Å²) in [7, 11) is 1.70. The maximum absolute atomic E-state index is 6.53. The summed E-state index contributed by atoms with van der Waals surface area (Å²) in [4.78, 5) is 0. The maximum Gasteiger partial charge on any atom is 0.140 e. The second-order valence-corrected chi connectivity index (χ2v) is 5.35. The minimum absolute atomic E-state index is 0.706. The summed E-state index contributed by atoms with van der Waals surface area (Å²) in [6, 6.07) is 2.29. The molecule has 0 saturated carbocycles. The van der Waals surface area contributed by atoms with Crippen molar-refractivity contribution in [1.82, 2.24) is 0 Å². The number of nitrogens with two attached hydrogens (primary N) is 1. The molecule has 0 unspecified atom stereocenters. The van der Waals surface area contributed by atoms with Crippen LogP contribution in [-0.2, 0) is 19.3 Å². The number of rotatable bonds is 4. The molecule has 2 N–H and O–H groups in total. The molecule has 1 aromatic rings. The molecule has 2 nitrogen and oxygen atoms in total.